The van der Waals surface area contributed by atoms with Crippen molar-refractivity contribution in [1.29, 1.82) is 0 Å². The second-order valence-corrected chi connectivity index (χ2v) is 19.5. The van der Waals surface area contributed by atoms with Gasteiger partial charge in [0, 0.05) is 80.0 Å². The molecule has 26 heteroatoms. The molecule has 6 rings (SSSR count). The summed E-state index contributed by atoms with van der Waals surface area (Å²) in [4.78, 5) is 65.0. The Labute approximate surface area is 436 Å². The largest absolute Gasteiger partial charge is 0.465 e. The predicted molar refractivity (Wildman–Crippen MR) is 259 cm³/mol. The Bertz CT molecular complexity index is 2790. The normalized spacial score (nSPS) is 16.9. The van der Waals surface area contributed by atoms with Crippen LogP contribution in [0.5, 0.6) is 0 Å². The summed E-state index contributed by atoms with van der Waals surface area (Å²) in [6.07, 6.45) is -14.0. The van der Waals surface area contributed by atoms with Crippen molar-refractivity contribution in [2.45, 2.75) is 83.3 Å². The number of anilines is 1. The summed E-state index contributed by atoms with van der Waals surface area (Å²) < 4.78 is 143. The minimum atomic E-state index is -5.26. The number of carbonyl (C=O) groups is 4. The number of piperazine rings is 1. The smallest absolute Gasteiger partial charge is 0.407 e. The number of methoxy groups -OCH3 is 1. The van der Waals surface area contributed by atoms with Gasteiger partial charge in [0.25, 0.3) is 5.91 Å². The number of hydrazine groups is 1. The van der Waals surface area contributed by atoms with E-state index in [2.05, 4.69) is 41.7 Å². The molecular weight excluding hydrogens is 1040 g/mol. The number of aliphatic hydroxyl groups excluding tert-OH is 1. The first-order valence-corrected chi connectivity index (χ1v) is 23.8. The number of aliphatic hydroxyl groups is 1. The van der Waals surface area contributed by atoms with Crippen LogP contribution in [0.15, 0.2) is 73.1 Å². The fourth-order valence-corrected chi connectivity index (χ4v) is 8.43. The number of morpholine rings is 1. The maximum absolute atomic E-state index is 16.0. The standard InChI is InChI=1S/C51H56F9N9O8/c1-48(2,50(55,56)57)42(65-47(75)76-5)44(71)63-39(20-30-9-6-29(7-10-30)8-11-31-12-13-41(62-24-31)68-17-16-67-18-19-77-28-34(67)25-68)40(70)27-69(66-45(72)43(64-46(73)74)49(3,4)51(58,59)60)26-35-36(53)21-32(22-37(35)54)38-23-33(52)14-15-61-38/h6-7,9-10,12-15,21-24,34,39-40,42-43,64,70H,16-20,25-28H2,1-5H3,(H,63,71)(H,65,75)(H,66,72)(H,73,74)/t34-,39?,40?,42?,43?/m1/s1. The molecule has 6 N–H and O–H groups in total. The zero-order valence-electron chi connectivity index (χ0n) is 42.2. The number of pyridine rings is 2. The van der Waals surface area contributed by atoms with E-state index in [0.29, 0.717) is 69.2 Å². The number of benzene rings is 2. The molecule has 0 radical (unpaired) electrons. The molecule has 4 heterocycles. The highest BCUT2D eigenvalue weighted by atomic mass is 19.4. The van der Waals surface area contributed by atoms with Gasteiger partial charge in [-0.15, -0.1) is 0 Å². The fourth-order valence-electron chi connectivity index (χ4n) is 8.43. The van der Waals surface area contributed by atoms with Crippen LogP contribution >= 0.6 is 0 Å². The minimum Gasteiger partial charge on any atom is -0.465 e. The van der Waals surface area contributed by atoms with Crippen LogP contribution in [-0.4, -0.2) is 150 Å². The van der Waals surface area contributed by atoms with Gasteiger partial charge in [0.15, 0.2) is 0 Å². The summed E-state index contributed by atoms with van der Waals surface area (Å²) >= 11 is 0. The number of fused-ring (bicyclic) bond motifs is 1. The van der Waals surface area contributed by atoms with Gasteiger partial charge in [0.1, 0.15) is 35.4 Å². The van der Waals surface area contributed by atoms with Crippen LogP contribution in [-0.2, 0) is 32.0 Å². The Balaban J connectivity index is 1.32. The Morgan fingerprint density at radius 1 is 0.818 bits per heavy atom. The first-order chi connectivity index (χ1) is 36.1. The van der Waals surface area contributed by atoms with Crippen LogP contribution in [0, 0.1) is 40.1 Å². The Morgan fingerprint density at radius 2 is 1.44 bits per heavy atom. The van der Waals surface area contributed by atoms with Gasteiger partial charge in [-0.3, -0.25) is 24.9 Å². The lowest BCUT2D eigenvalue weighted by Crippen LogP contribution is -2.63. The molecular formula is C51H56F9N9O8. The van der Waals surface area contributed by atoms with E-state index in [-0.39, 0.29) is 22.9 Å². The van der Waals surface area contributed by atoms with Crippen molar-refractivity contribution < 1.29 is 78.4 Å². The molecule has 2 saturated heterocycles. The third-order valence-corrected chi connectivity index (χ3v) is 13.4. The number of ether oxygens (including phenoxy) is 2. The summed E-state index contributed by atoms with van der Waals surface area (Å²) in [7, 11) is 0.820. The number of alkyl halides is 6. The molecule has 0 saturated carbocycles. The maximum atomic E-state index is 16.0. The predicted octanol–water partition coefficient (Wildman–Crippen LogP) is 5.94. The van der Waals surface area contributed by atoms with E-state index < -0.39 is 114 Å². The summed E-state index contributed by atoms with van der Waals surface area (Å²) in [5.41, 5.74) is -4.34. The highest BCUT2D eigenvalue weighted by Gasteiger charge is 2.57. The number of alkyl carbamates (subject to hydrolysis) is 1. The van der Waals surface area contributed by atoms with E-state index in [4.69, 9.17) is 4.74 Å². The number of rotatable bonds is 17. The van der Waals surface area contributed by atoms with E-state index in [1.54, 1.807) is 12.3 Å². The van der Waals surface area contributed by atoms with Gasteiger partial charge in [-0.25, -0.2) is 32.8 Å². The molecule has 5 atom stereocenters. The molecule has 0 bridgehead atoms. The second kappa shape index (κ2) is 24.4. The van der Waals surface area contributed by atoms with Crippen LogP contribution in [0.4, 0.5) is 54.9 Å². The van der Waals surface area contributed by atoms with Gasteiger partial charge in [0.2, 0.25) is 5.91 Å². The fraction of sp³-hybridized carbons (Fsp3) is 0.451. The summed E-state index contributed by atoms with van der Waals surface area (Å²) in [6.45, 7) is 4.52. The van der Waals surface area contributed by atoms with Crippen molar-refractivity contribution >= 4 is 29.8 Å². The number of aromatic nitrogens is 2. The van der Waals surface area contributed by atoms with E-state index in [1.165, 1.54) is 29.6 Å². The maximum Gasteiger partial charge on any atom is 0.407 e. The van der Waals surface area contributed by atoms with Crippen molar-refractivity contribution in [3.63, 3.8) is 0 Å². The lowest BCUT2D eigenvalue weighted by atomic mass is 9.82. The van der Waals surface area contributed by atoms with Crippen molar-refractivity contribution in [2.75, 3.05) is 57.9 Å². The monoisotopic (exact) mass is 1090 g/mol. The van der Waals surface area contributed by atoms with E-state index in [9.17, 15) is 60.1 Å². The Hall–Kier alpha value is -7.21. The molecule has 2 aliphatic rings. The molecule has 2 fully saturated rings. The van der Waals surface area contributed by atoms with Crippen molar-refractivity contribution in [2.24, 2.45) is 10.8 Å². The van der Waals surface area contributed by atoms with E-state index >= 15 is 8.78 Å². The number of amides is 4. The SMILES string of the molecule is COC(=O)NC(C(=O)NC(Cc1ccc(C#Cc2ccc(N3CCN4CCOC[C@H]4C3)nc2)cc1)C(O)CN(Cc1c(F)cc(-c2cc(F)ccn2)cc1F)NC(=O)C(NC(=O)O)C(C)(C)C(F)(F)F)C(C)(C)C(F)(F)F. The molecule has 2 aromatic heterocycles. The molecule has 17 nitrogen and oxygen atoms in total. The van der Waals surface area contributed by atoms with Crippen LogP contribution in [0.2, 0.25) is 0 Å². The summed E-state index contributed by atoms with van der Waals surface area (Å²) in [5.74, 6) is -0.105. The van der Waals surface area contributed by atoms with Crippen molar-refractivity contribution in [1.82, 2.24) is 41.3 Å². The molecule has 2 aliphatic heterocycles. The lowest BCUT2D eigenvalue weighted by Gasteiger charge is -2.44. The van der Waals surface area contributed by atoms with Gasteiger partial charge < -0.3 is 40.5 Å². The highest BCUT2D eigenvalue weighted by Crippen LogP contribution is 2.42. The highest BCUT2D eigenvalue weighted by molar-refractivity contribution is 5.87. The Morgan fingerprint density at radius 3 is 2.03 bits per heavy atom. The van der Waals surface area contributed by atoms with Crippen LogP contribution in [0.1, 0.15) is 49.9 Å². The Kier molecular flexibility index (Phi) is 18.7. The summed E-state index contributed by atoms with van der Waals surface area (Å²) in [5, 5.41) is 27.6. The van der Waals surface area contributed by atoms with Crippen molar-refractivity contribution in [3.8, 4) is 23.1 Å². The van der Waals surface area contributed by atoms with Crippen LogP contribution < -0.4 is 26.3 Å². The third kappa shape index (κ3) is 14.8. The average Bonchev–Trinajstić information content (AvgIpc) is 3.37. The lowest BCUT2D eigenvalue weighted by molar-refractivity contribution is -0.221. The number of halogens is 9. The zero-order valence-corrected chi connectivity index (χ0v) is 42.2. The second-order valence-electron chi connectivity index (χ2n) is 19.5. The topological polar surface area (TPSA) is 211 Å². The molecule has 4 aromatic rings. The number of hydrogen-bond donors (Lipinski definition) is 6. The van der Waals surface area contributed by atoms with Gasteiger partial charge >= 0.3 is 24.5 Å². The molecule has 416 valence electrons. The van der Waals surface area contributed by atoms with Crippen LogP contribution in [0.3, 0.4) is 0 Å². The number of carbonyl (C=O) groups excluding carboxylic acids is 3. The number of hydrogen-bond acceptors (Lipinski definition) is 12. The van der Waals surface area contributed by atoms with Gasteiger partial charge in [-0.2, -0.15) is 26.3 Å². The van der Waals surface area contributed by atoms with Gasteiger partial charge in [-0.1, -0.05) is 24.0 Å². The molecule has 4 unspecified atom stereocenters. The van der Waals surface area contributed by atoms with Gasteiger partial charge in [0.05, 0.1) is 55.0 Å². The molecule has 0 aliphatic carbocycles. The number of nitrogens with zero attached hydrogens (tertiary/aromatic N) is 5. The summed E-state index contributed by atoms with van der Waals surface area (Å²) in [6, 6.07) is 6.31. The number of carboxylic acid groups (broad SMARTS) is 1. The first-order valence-electron chi connectivity index (χ1n) is 23.8. The van der Waals surface area contributed by atoms with Crippen LogP contribution in [0.25, 0.3) is 11.3 Å². The quantitative estimate of drug-likeness (QED) is 0.0412. The van der Waals surface area contributed by atoms with Crippen molar-refractivity contribution in [3.05, 3.63) is 113 Å². The molecule has 4 amide bonds. The average molecular weight is 1090 g/mol. The van der Waals surface area contributed by atoms with E-state index in [1.807, 2.05) is 16.8 Å². The van der Waals surface area contributed by atoms with Gasteiger partial charge in [-0.05, 0) is 82.1 Å². The molecule has 0 spiro atoms. The van der Waals surface area contributed by atoms with E-state index in [0.717, 1.165) is 57.4 Å². The molecule has 2 aromatic carbocycles. The first kappa shape index (κ1) is 59.0. The minimum absolute atomic E-state index is 0.221. The zero-order chi connectivity index (χ0) is 56.6. The number of nitrogens with one attached hydrogen (secondary N) is 4. The third-order valence-electron chi connectivity index (χ3n) is 13.4. The molecule has 77 heavy (non-hydrogen) atoms.